The second kappa shape index (κ2) is 14.5. The van der Waals surface area contributed by atoms with E-state index in [9.17, 15) is 31.5 Å². The van der Waals surface area contributed by atoms with E-state index in [1.165, 1.54) is 6.07 Å². The summed E-state index contributed by atoms with van der Waals surface area (Å²) >= 11 is 5.78. The van der Waals surface area contributed by atoms with Crippen molar-refractivity contribution in [2.45, 2.75) is 25.2 Å². The van der Waals surface area contributed by atoms with Gasteiger partial charge < -0.3 is 25.8 Å². The number of nitrogens with one attached hydrogen (secondary N) is 2. The van der Waals surface area contributed by atoms with Gasteiger partial charge in [0.15, 0.2) is 11.6 Å². The Kier molecular flexibility index (Phi) is 10.4. The maximum Gasteiger partial charge on any atom is 0.417 e. The van der Waals surface area contributed by atoms with Gasteiger partial charge in [0.2, 0.25) is 5.91 Å². The molecule has 1 atom stereocenters. The smallest absolute Gasteiger partial charge is 0.372 e. The van der Waals surface area contributed by atoms with Crippen molar-refractivity contribution in [3.05, 3.63) is 126 Å². The summed E-state index contributed by atoms with van der Waals surface area (Å²) in [5, 5.41) is 4.45. The quantitative estimate of drug-likeness (QED) is 0.122. The molecular weight excluding hydrogens is 667 g/mol. The van der Waals surface area contributed by atoms with E-state index >= 15 is 0 Å². The number of hydrogen-bond acceptors (Lipinski definition) is 4. The lowest BCUT2D eigenvalue weighted by Crippen LogP contribution is -2.35. The lowest BCUT2D eigenvalue weighted by Gasteiger charge is -2.21. The predicted molar refractivity (Wildman–Crippen MR) is 179 cm³/mol. The summed E-state index contributed by atoms with van der Waals surface area (Å²) < 4.78 is 69.0. The fourth-order valence-electron chi connectivity index (χ4n) is 5.36. The first-order chi connectivity index (χ1) is 23.3. The molecule has 5 aromatic rings. The Labute approximate surface area is 283 Å². The summed E-state index contributed by atoms with van der Waals surface area (Å²) in [4.78, 5) is 31.8. The van der Waals surface area contributed by atoms with Crippen molar-refractivity contribution in [1.82, 2.24) is 14.9 Å². The van der Waals surface area contributed by atoms with Crippen LogP contribution in [0.15, 0.2) is 78.9 Å². The van der Waals surface area contributed by atoms with E-state index in [0.717, 1.165) is 41.6 Å². The molecule has 2 radical (unpaired) electrons. The zero-order valence-corrected chi connectivity index (χ0v) is 26.6. The van der Waals surface area contributed by atoms with Crippen LogP contribution in [0.1, 0.15) is 29.2 Å². The zero-order chi connectivity index (χ0) is 35.5. The zero-order valence-electron chi connectivity index (χ0n) is 25.8. The molecular formula is C35H30ClF5N6O2. The predicted octanol–water partition coefficient (Wildman–Crippen LogP) is 7.91. The maximum absolute atomic E-state index is 14.2. The van der Waals surface area contributed by atoms with Gasteiger partial charge in [0.25, 0.3) is 0 Å². The number of carbonyl (C=O) groups is 2. The van der Waals surface area contributed by atoms with Gasteiger partial charge in [-0.2, -0.15) is 13.2 Å². The van der Waals surface area contributed by atoms with Crippen molar-refractivity contribution in [3.63, 3.8) is 0 Å². The Morgan fingerprint density at radius 1 is 0.939 bits per heavy atom. The molecule has 4 aromatic carbocycles. The number of imidazole rings is 1. The molecule has 0 fully saturated rings. The van der Waals surface area contributed by atoms with Gasteiger partial charge in [0.1, 0.15) is 5.82 Å². The van der Waals surface area contributed by atoms with E-state index < -0.39 is 46.4 Å². The van der Waals surface area contributed by atoms with Gasteiger partial charge in [-0.25, -0.2) is 18.6 Å². The third-order valence-corrected chi connectivity index (χ3v) is 8.09. The maximum atomic E-state index is 14.2. The van der Waals surface area contributed by atoms with Gasteiger partial charge >= 0.3 is 12.2 Å². The SMILES string of the molecule is [CH2]CN(C[CH2])c1ccc(-c2nc3cc(C(CC(N)=O)NC(=O)Nc4ccc(C(F)(F)F)c(Cl)c4)ccc3n2Cc2ccc(F)c(F)c2)cc1. The number of benzene rings is 4. The minimum absolute atomic E-state index is 0.0102. The van der Waals surface area contributed by atoms with Crippen molar-refractivity contribution in [2.75, 3.05) is 23.3 Å². The second-order valence-corrected chi connectivity index (χ2v) is 11.5. The van der Waals surface area contributed by atoms with Crippen LogP contribution in [0.4, 0.5) is 38.1 Å². The van der Waals surface area contributed by atoms with Crippen molar-refractivity contribution in [3.8, 4) is 11.4 Å². The van der Waals surface area contributed by atoms with Gasteiger partial charge in [-0.05, 0) is 91.7 Å². The fourth-order valence-corrected chi connectivity index (χ4v) is 5.65. The summed E-state index contributed by atoms with van der Waals surface area (Å²) in [6, 6.07) is 17.2. The van der Waals surface area contributed by atoms with Crippen LogP contribution in [0.3, 0.4) is 0 Å². The van der Waals surface area contributed by atoms with Crippen LogP contribution in [0.5, 0.6) is 0 Å². The van der Waals surface area contributed by atoms with Crippen molar-refractivity contribution >= 4 is 45.9 Å². The third-order valence-electron chi connectivity index (χ3n) is 7.77. The third kappa shape index (κ3) is 8.11. The lowest BCUT2D eigenvalue weighted by molar-refractivity contribution is -0.137. The second-order valence-electron chi connectivity index (χ2n) is 11.1. The van der Waals surface area contributed by atoms with Gasteiger partial charge in [-0.1, -0.05) is 23.7 Å². The Hall–Kier alpha value is -5.17. The number of aromatic nitrogens is 2. The molecule has 49 heavy (non-hydrogen) atoms. The molecule has 254 valence electrons. The van der Waals surface area contributed by atoms with Crippen LogP contribution in [-0.2, 0) is 17.5 Å². The standard InChI is InChI=1S/C35H30ClF5N6O2/c1-3-46(4-2)24-10-6-21(7-11-24)33-44-30-16-22(8-14-31(30)47(33)19-20-5-13-27(37)28(38)15-20)29(18-32(42)48)45-34(49)43-23-9-12-25(26(36)17-23)35(39,40)41/h5-17,29H,1-4,18-19H2,(H2,42,48)(H2,43,45,49). The Bertz CT molecular complexity index is 1990. The van der Waals surface area contributed by atoms with Crippen molar-refractivity contribution in [1.29, 1.82) is 0 Å². The highest BCUT2D eigenvalue weighted by atomic mass is 35.5. The Balaban J connectivity index is 1.49. The van der Waals surface area contributed by atoms with Gasteiger partial charge in [-0.3, -0.25) is 4.79 Å². The topological polar surface area (TPSA) is 105 Å². The van der Waals surface area contributed by atoms with Crippen LogP contribution < -0.4 is 21.3 Å². The molecule has 5 rings (SSSR count). The van der Waals surface area contributed by atoms with E-state index in [1.54, 1.807) is 18.2 Å². The molecule has 8 nitrogen and oxygen atoms in total. The molecule has 1 unspecified atom stereocenters. The fraction of sp³-hybridized carbons (Fsp3) is 0.171. The molecule has 0 aliphatic rings. The van der Waals surface area contributed by atoms with Gasteiger partial charge in [0.05, 0.1) is 34.1 Å². The van der Waals surface area contributed by atoms with Crippen molar-refractivity contribution < 1.29 is 31.5 Å². The summed E-state index contributed by atoms with van der Waals surface area (Å²) in [7, 11) is 0. The molecule has 4 N–H and O–H groups in total. The molecule has 3 amide bonds. The number of fused-ring (bicyclic) bond motifs is 1. The number of halogens is 6. The summed E-state index contributed by atoms with van der Waals surface area (Å²) in [5.74, 6) is -2.19. The number of rotatable bonds is 11. The largest absolute Gasteiger partial charge is 0.417 e. The molecule has 0 aliphatic carbocycles. The molecule has 0 saturated carbocycles. The highest BCUT2D eigenvalue weighted by Gasteiger charge is 2.33. The van der Waals surface area contributed by atoms with Gasteiger partial charge in [0, 0.05) is 36.6 Å². The highest BCUT2D eigenvalue weighted by molar-refractivity contribution is 6.31. The number of amides is 3. The van der Waals surface area contributed by atoms with E-state index in [1.807, 2.05) is 33.7 Å². The van der Waals surface area contributed by atoms with Gasteiger partial charge in [-0.15, -0.1) is 0 Å². The van der Waals surface area contributed by atoms with E-state index in [2.05, 4.69) is 24.5 Å². The number of urea groups is 1. The number of alkyl halides is 3. The average molecular weight is 697 g/mol. The van der Waals surface area contributed by atoms with Crippen LogP contribution in [0.25, 0.3) is 22.4 Å². The monoisotopic (exact) mass is 696 g/mol. The summed E-state index contributed by atoms with van der Waals surface area (Å²) in [6.45, 7) is 9.00. The van der Waals surface area contributed by atoms with Crippen LogP contribution in [-0.4, -0.2) is 34.6 Å². The average Bonchev–Trinajstić information content (AvgIpc) is 3.40. The Morgan fingerprint density at radius 2 is 1.65 bits per heavy atom. The van der Waals surface area contributed by atoms with E-state index in [4.69, 9.17) is 22.3 Å². The number of nitrogens with zero attached hydrogens (tertiary/aromatic N) is 3. The molecule has 0 aliphatic heterocycles. The first-order valence-corrected chi connectivity index (χ1v) is 15.3. The van der Waals surface area contributed by atoms with E-state index in [-0.39, 0.29) is 18.7 Å². The lowest BCUT2D eigenvalue weighted by atomic mass is 10.0. The molecule has 14 heteroatoms. The number of nitrogens with two attached hydrogens (primary N) is 1. The normalized spacial score (nSPS) is 12.2. The number of carbonyl (C=O) groups excluding carboxylic acids is 2. The van der Waals surface area contributed by atoms with Crippen LogP contribution in [0, 0.1) is 25.5 Å². The van der Waals surface area contributed by atoms with Crippen LogP contribution in [0.2, 0.25) is 5.02 Å². The molecule has 0 saturated heterocycles. The first-order valence-electron chi connectivity index (χ1n) is 14.9. The molecule has 0 spiro atoms. The van der Waals surface area contributed by atoms with Crippen molar-refractivity contribution in [2.24, 2.45) is 5.73 Å². The minimum atomic E-state index is -4.67. The molecule has 1 aromatic heterocycles. The summed E-state index contributed by atoms with van der Waals surface area (Å²) in [5.41, 5.74) is 8.05. The van der Waals surface area contributed by atoms with Crippen LogP contribution >= 0.6 is 11.6 Å². The minimum Gasteiger partial charge on any atom is -0.372 e. The first kappa shape index (κ1) is 35.1. The van der Waals surface area contributed by atoms with E-state index in [0.29, 0.717) is 41.1 Å². The molecule has 1 heterocycles. The number of hydrogen-bond donors (Lipinski definition) is 3. The molecule has 0 bridgehead atoms. The Morgan fingerprint density at radius 3 is 2.27 bits per heavy atom. The highest BCUT2D eigenvalue weighted by Crippen LogP contribution is 2.36. The number of anilines is 2. The number of primary amides is 1. The summed E-state index contributed by atoms with van der Waals surface area (Å²) in [6.07, 6.45) is -4.99.